The number of fused-ring (bicyclic) bond motifs is 1. The lowest BCUT2D eigenvalue weighted by atomic mass is 10.3. The maximum Gasteiger partial charge on any atom is 0.349 e. The summed E-state index contributed by atoms with van der Waals surface area (Å²) in [6.07, 6.45) is 0. The SMILES string of the molecule is O=S(=O)(F)c1[nH]nc2c(Cl)cccc12. The van der Waals surface area contributed by atoms with Crippen LogP contribution in [-0.2, 0) is 10.2 Å². The Kier molecular flexibility index (Phi) is 1.97. The molecule has 1 heterocycles. The van der Waals surface area contributed by atoms with Gasteiger partial charge in [0.1, 0.15) is 5.52 Å². The van der Waals surface area contributed by atoms with Crippen molar-refractivity contribution in [3.8, 4) is 0 Å². The van der Waals surface area contributed by atoms with Crippen LogP contribution in [0.5, 0.6) is 0 Å². The third kappa shape index (κ3) is 1.36. The van der Waals surface area contributed by atoms with Crippen molar-refractivity contribution < 1.29 is 12.3 Å². The molecule has 0 fully saturated rings. The monoisotopic (exact) mass is 234 g/mol. The van der Waals surface area contributed by atoms with Gasteiger partial charge < -0.3 is 0 Å². The van der Waals surface area contributed by atoms with Gasteiger partial charge in [-0.1, -0.05) is 21.6 Å². The Bertz CT molecular complexity index is 593. The van der Waals surface area contributed by atoms with Gasteiger partial charge in [-0.25, -0.2) is 0 Å². The Balaban J connectivity index is 2.90. The van der Waals surface area contributed by atoms with Crippen LogP contribution in [0.2, 0.25) is 5.02 Å². The molecule has 0 unspecified atom stereocenters. The first kappa shape index (κ1) is 9.42. The van der Waals surface area contributed by atoms with Gasteiger partial charge >= 0.3 is 10.2 Å². The summed E-state index contributed by atoms with van der Waals surface area (Å²) in [5.41, 5.74) is 0.241. The molecule has 0 saturated heterocycles. The number of nitrogens with one attached hydrogen (secondary N) is 1. The Morgan fingerprint density at radius 3 is 2.79 bits per heavy atom. The maximum atomic E-state index is 12.7. The van der Waals surface area contributed by atoms with Crippen LogP contribution >= 0.6 is 11.6 Å². The molecule has 0 atom stereocenters. The molecular formula is C7H4ClFN2O2S. The van der Waals surface area contributed by atoms with Crippen molar-refractivity contribution in [1.29, 1.82) is 0 Å². The predicted molar refractivity (Wildman–Crippen MR) is 49.4 cm³/mol. The molecule has 14 heavy (non-hydrogen) atoms. The number of aromatic amines is 1. The first-order valence-electron chi connectivity index (χ1n) is 3.57. The molecular weight excluding hydrogens is 231 g/mol. The highest BCUT2D eigenvalue weighted by molar-refractivity contribution is 7.86. The number of H-pyrrole nitrogens is 1. The zero-order chi connectivity index (χ0) is 10.3. The molecule has 7 heteroatoms. The molecule has 2 aromatic rings. The van der Waals surface area contributed by atoms with Crippen molar-refractivity contribution in [2.75, 3.05) is 0 Å². The van der Waals surface area contributed by atoms with E-state index in [-0.39, 0.29) is 15.9 Å². The normalized spacial score (nSPS) is 12.1. The molecule has 1 N–H and O–H groups in total. The fourth-order valence-corrected chi connectivity index (χ4v) is 1.96. The van der Waals surface area contributed by atoms with Crippen molar-refractivity contribution >= 4 is 32.7 Å². The number of nitrogens with zero attached hydrogens (tertiary/aromatic N) is 1. The topological polar surface area (TPSA) is 62.8 Å². The molecule has 1 aromatic heterocycles. The van der Waals surface area contributed by atoms with Gasteiger partial charge in [0.25, 0.3) is 0 Å². The molecule has 0 aliphatic heterocycles. The first-order chi connectivity index (χ1) is 6.50. The summed E-state index contributed by atoms with van der Waals surface area (Å²) in [5.74, 6) is 0. The summed E-state index contributed by atoms with van der Waals surface area (Å²) >= 11 is 5.72. The molecule has 2 rings (SSSR count). The lowest BCUT2D eigenvalue weighted by molar-refractivity contribution is 0.548. The standard InChI is InChI=1S/C7H4ClFN2O2S/c8-5-3-1-2-4-6(5)10-11-7(4)14(9,12)13/h1-3H,(H,10,11). The molecule has 0 radical (unpaired) electrons. The van der Waals surface area contributed by atoms with Crippen molar-refractivity contribution in [3.63, 3.8) is 0 Å². The number of aromatic nitrogens is 2. The Morgan fingerprint density at radius 1 is 1.43 bits per heavy atom. The third-order valence-corrected chi connectivity index (χ3v) is 2.85. The van der Waals surface area contributed by atoms with Crippen LogP contribution in [0, 0.1) is 0 Å². The Morgan fingerprint density at radius 2 is 2.14 bits per heavy atom. The summed E-state index contributed by atoms with van der Waals surface area (Å²) in [6, 6.07) is 4.49. The molecule has 0 bridgehead atoms. The summed E-state index contributed by atoms with van der Waals surface area (Å²) in [6.45, 7) is 0. The van der Waals surface area contributed by atoms with Gasteiger partial charge in [0.2, 0.25) is 0 Å². The van der Waals surface area contributed by atoms with E-state index < -0.39 is 15.2 Å². The van der Waals surface area contributed by atoms with E-state index in [1.54, 1.807) is 6.07 Å². The summed E-state index contributed by atoms with van der Waals surface area (Å²) < 4.78 is 34.0. The van der Waals surface area contributed by atoms with Gasteiger partial charge in [0.05, 0.1) is 5.02 Å². The smallest absolute Gasteiger partial charge is 0.264 e. The number of hydrogen-bond acceptors (Lipinski definition) is 3. The molecule has 0 saturated carbocycles. The van der Waals surface area contributed by atoms with Crippen LogP contribution in [0.1, 0.15) is 0 Å². The number of halogens is 2. The van der Waals surface area contributed by atoms with Gasteiger partial charge in [-0.2, -0.15) is 13.5 Å². The number of benzene rings is 1. The Labute approximate surface area is 83.9 Å². The third-order valence-electron chi connectivity index (χ3n) is 1.74. The van der Waals surface area contributed by atoms with Crippen LogP contribution in [-0.4, -0.2) is 18.6 Å². The van der Waals surface area contributed by atoms with Crippen molar-refractivity contribution in [2.45, 2.75) is 5.03 Å². The zero-order valence-electron chi connectivity index (χ0n) is 6.66. The summed E-state index contributed by atoms with van der Waals surface area (Å²) in [5, 5.41) is 5.57. The maximum absolute atomic E-state index is 12.7. The quantitative estimate of drug-likeness (QED) is 0.767. The lowest BCUT2D eigenvalue weighted by Crippen LogP contribution is -1.92. The number of rotatable bonds is 1. The Hall–Kier alpha value is -1.14. The fraction of sp³-hybridized carbons (Fsp3) is 0. The number of hydrogen-bond donors (Lipinski definition) is 1. The van der Waals surface area contributed by atoms with Crippen LogP contribution in [0.25, 0.3) is 10.9 Å². The highest BCUT2D eigenvalue weighted by Crippen LogP contribution is 2.26. The molecule has 0 aliphatic carbocycles. The minimum absolute atomic E-state index is 0.153. The first-order valence-corrected chi connectivity index (χ1v) is 5.33. The highest BCUT2D eigenvalue weighted by atomic mass is 35.5. The highest BCUT2D eigenvalue weighted by Gasteiger charge is 2.19. The van der Waals surface area contributed by atoms with E-state index in [4.69, 9.17) is 11.6 Å². The van der Waals surface area contributed by atoms with Crippen LogP contribution < -0.4 is 0 Å². The average Bonchev–Trinajstić information content (AvgIpc) is 2.47. The minimum Gasteiger partial charge on any atom is -0.264 e. The minimum atomic E-state index is -4.78. The summed E-state index contributed by atoms with van der Waals surface area (Å²) in [4.78, 5) is 0. The second-order valence-electron chi connectivity index (χ2n) is 2.63. The van der Waals surface area contributed by atoms with E-state index in [9.17, 15) is 12.3 Å². The van der Waals surface area contributed by atoms with Gasteiger partial charge in [-0.05, 0) is 12.1 Å². The molecule has 0 spiro atoms. The van der Waals surface area contributed by atoms with E-state index in [1.807, 2.05) is 0 Å². The predicted octanol–water partition coefficient (Wildman–Crippen LogP) is 1.87. The average molecular weight is 235 g/mol. The zero-order valence-corrected chi connectivity index (χ0v) is 8.23. The van der Waals surface area contributed by atoms with E-state index in [0.29, 0.717) is 0 Å². The van der Waals surface area contributed by atoms with Crippen LogP contribution in [0.15, 0.2) is 23.2 Å². The second kappa shape index (κ2) is 2.93. The van der Waals surface area contributed by atoms with Crippen LogP contribution in [0.3, 0.4) is 0 Å². The van der Waals surface area contributed by atoms with E-state index >= 15 is 0 Å². The van der Waals surface area contributed by atoms with Crippen molar-refractivity contribution in [3.05, 3.63) is 23.2 Å². The van der Waals surface area contributed by atoms with Crippen LogP contribution in [0.4, 0.5) is 3.89 Å². The van der Waals surface area contributed by atoms with Gasteiger partial charge in [0, 0.05) is 5.39 Å². The van der Waals surface area contributed by atoms with Crippen molar-refractivity contribution in [1.82, 2.24) is 10.2 Å². The fourth-order valence-electron chi connectivity index (χ4n) is 1.16. The molecule has 0 amide bonds. The second-order valence-corrected chi connectivity index (χ2v) is 4.32. The van der Waals surface area contributed by atoms with E-state index in [2.05, 4.69) is 10.2 Å². The van der Waals surface area contributed by atoms with E-state index in [1.165, 1.54) is 12.1 Å². The van der Waals surface area contributed by atoms with Gasteiger partial charge in [0.15, 0.2) is 5.03 Å². The molecule has 74 valence electrons. The molecule has 4 nitrogen and oxygen atoms in total. The number of para-hydroxylation sites is 1. The van der Waals surface area contributed by atoms with Gasteiger partial charge in [-0.15, -0.1) is 0 Å². The lowest BCUT2D eigenvalue weighted by Gasteiger charge is -1.91. The van der Waals surface area contributed by atoms with Crippen molar-refractivity contribution in [2.24, 2.45) is 0 Å². The van der Waals surface area contributed by atoms with Gasteiger partial charge in [-0.3, -0.25) is 5.10 Å². The van der Waals surface area contributed by atoms with E-state index in [0.717, 1.165) is 0 Å². The summed E-state index contributed by atoms with van der Waals surface area (Å²) in [7, 11) is -4.78. The molecule has 0 aliphatic rings. The largest absolute Gasteiger partial charge is 0.349 e. The molecule has 1 aromatic carbocycles.